The molecule has 2 aromatic carbocycles. The first-order valence-corrected chi connectivity index (χ1v) is 16.0. The quantitative estimate of drug-likeness (QED) is 0.186. The van der Waals surface area contributed by atoms with Crippen molar-refractivity contribution in [2.45, 2.75) is 75.8 Å². The molecule has 14 nitrogen and oxygen atoms in total. The number of aromatic nitrogens is 4. The molecule has 0 radical (unpaired) electrons. The maximum atomic E-state index is 15.8. The van der Waals surface area contributed by atoms with Gasteiger partial charge in [-0.05, 0) is 51.0 Å². The normalized spacial score (nSPS) is 24.4. The molecule has 0 amide bonds. The zero-order chi connectivity index (χ0) is 32.6. The molecule has 0 spiro atoms. The van der Waals surface area contributed by atoms with Crippen LogP contribution in [-0.4, -0.2) is 74.3 Å². The van der Waals surface area contributed by atoms with Crippen LogP contribution in [0.15, 0.2) is 47.5 Å². The molecule has 16 heteroatoms. The van der Waals surface area contributed by atoms with Crippen molar-refractivity contribution in [1.29, 1.82) is 0 Å². The van der Waals surface area contributed by atoms with Gasteiger partial charge in [0.05, 0.1) is 13.4 Å². The summed E-state index contributed by atoms with van der Waals surface area (Å²) in [5.41, 5.74) is 4.23. The second-order valence-electron chi connectivity index (χ2n) is 11.5. The summed E-state index contributed by atoms with van der Waals surface area (Å²) in [4.78, 5) is 38.0. The average molecular weight is 657 g/mol. The molecule has 4 aromatic rings. The molecule has 1 unspecified atom stereocenters. The average Bonchev–Trinajstić information content (AvgIpc) is 3.75. The van der Waals surface area contributed by atoms with Gasteiger partial charge in [-0.25, -0.2) is 14.2 Å². The summed E-state index contributed by atoms with van der Waals surface area (Å²) in [7, 11) is -1.33. The molecule has 1 aliphatic heterocycles. The summed E-state index contributed by atoms with van der Waals surface area (Å²) >= 11 is 0. The summed E-state index contributed by atoms with van der Waals surface area (Å²) in [6.45, 7) is 2.44. The zero-order valence-electron chi connectivity index (χ0n) is 25.4. The van der Waals surface area contributed by atoms with Crippen molar-refractivity contribution in [3.8, 4) is 17.4 Å². The molecule has 6 atom stereocenters. The number of nitrogens with zero attached hydrogens (tertiary/aromatic N) is 5. The van der Waals surface area contributed by atoms with Crippen LogP contribution in [0.1, 0.15) is 45.8 Å². The fourth-order valence-electron chi connectivity index (χ4n) is 5.74. The van der Waals surface area contributed by atoms with Crippen LogP contribution < -0.4 is 24.6 Å². The Labute approximate surface area is 264 Å². The minimum absolute atomic E-state index is 0.0934. The lowest BCUT2D eigenvalue weighted by Crippen LogP contribution is -2.42. The van der Waals surface area contributed by atoms with Crippen LogP contribution in [0.5, 0.6) is 17.4 Å². The van der Waals surface area contributed by atoms with Gasteiger partial charge in [-0.3, -0.25) is 9.09 Å². The number of halogens is 1. The lowest BCUT2D eigenvalue weighted by molar-refractivity contribution is -0.170. The number of carbonyl (C=O) groups is 1. The number of fused-ring (bicyclic) bond motifs is 2. The van der Waals surface area contributed by atoms with Gasteiger partial charge in [-0.2, -0.15) is 9.97 Å². The third-order valence-electron chi connectivity index (χ3n) is 8.15. The van der Waals surface area contributed by atoms with E-state index in [2.05, 4.69) is 19.7 Å². The number of alkyl halides is 1. The summed E-state index contributed by atoms with van der Waals surface area (Å²) < 4.78 is 49.6. The molecule has 1 aliphatic carbocycles. The molecular weight excluding hydrogens is 622 g/mol. The van der Waals surface area contributed by atoms with Crippen molar-refractivity contribution >= 4 is 42.0 Å². The summed E-state index contributed by atoms with van der Waals surface area (Å²) in [6, 6.07) is 9.51. The highest BCUT2D eigenvalue weighted by atomic mass is 31.1. The molecular formula is C30H34FN6O8P. The first-order chi connectivity index (χ1) is 22.1. The number of esters is 1. The standard InChI is InChI=1S/C30H34FN6O8P/c1-16(27(38)43-18-9-5-6-10-18)36-46(40)45-23-19-11-7-4-8-17(19)12-13-20(23)42-14-21-24(31)30(2,39)28(44-21)37-15-33-22-25(37)34-29(32)35-26(22)41-3/h4,7-8,11-13,15-16,18,21,24,28,39H,5-6,9-10,14H2,1-3H3,(H2,32,34,35)/t16-,21+,24+,28+,30+/m0/s1. The fraction of sp³-hybridized carbons (Fsp3) is 0.467. The number of hydrogen-bond donors (Lipinski definition) is 2. The number of methoxy groups -OCH3 is 1. The molecule has 3 N–H and O–H groups in total. The van der Waals surface area contributed by atoms with Crippen molar-refractivity contribution in [1.82, 2.24) is 19.5 Å². The van der Waals surface area contributed by atoms with E-state index < -0.39 is 44.3 Å². The number of nitrogen functional groups attached to an aromatic ring is 1. The van der Waals surface area contributed by atoms with Crippen LogP contribution in [-0.2, 0) is 14.3 Å². The second-order valence-corrected chi connectivity index (χ2v) is 12.3. The molecule has 6 rings (SSSR count). The zero-order valence-corrected chi connectivity index (χ0v) is 26.3. The second kappa shape index (κ2) is 12.9. The van der Waals surface area contributed by atoms with E-state index in [1.165, 1.54) is 31.9 Å². The van der Waals surface area contributed by atoms with Crippen molar-refractivity contribution in [3.63, 3.8) is 0 Å². The molecule has 2 aliphatic rings. The van der Waals surface area contributed by atoms with Crippen molar-refractivity contribution in [2.75, 3.05) is 19.5 Å². The highest BCUT2D eigenvalue weighted by Crippen LogP contribution is 2.44. The van der Waals surface area contributed by atoms with Gasteiger partial charge in [0, 0.05) is 5.39 Å². The number of imidazole rings is 1. The van der Waals surface area contributed by atoms with Gasteiger partial charge < -0.3 is 34.7 Å². The number of ether oxygens (including phenoxy) is 4. The molecule has 46 heavy (non-hydrogen) atoms. The first-order valence-electron chi connectivity index (χ1n) is 14.8. The Morgan fingerprint density at radius 1 is 1.28 bits per heavy atom. The molecule has 244 valence electrons. The van der Waals surface area contributed by atoms with E-state index >= 15 is 4.39 Å². The number of carbonyl (C=O) groups excluding carboxylic acids is 1. The molecule has 1 saturated carbocycles. The Kier molecular flexibility index (Phi) is 8.92. The predicted molar refractivity (Wildman–Crippen MR) is 163 cm³/mol. The number of hydrogen-bond acceptors (Lipinski definition) is 13. The monoisotopic (exact) mass is 656 g/mol. The minimum Gasteiger partial charge on any atom is -0.575 e. The van der Waals surface area contributed by atoms with E-state index in [1.54, 1.807) is 24.3 Å². The van der Waals surface area contributed by atoms with Crippen molar-refractivity contribution in [3.05, 3.63) is 42.7 Å². The number of rotatable bonds is 10. The SMILES string of the molecule is COc1nc(N)nc2c1ncn2[C@@H]1O[C@H](COc2ccc3ccccc3c2O[P+]([O-])=N[C@@H](C)C(=O)OC2CCCC2)[C@@H](F)[C@@]1(C)O. The lowest BCUT2D eigenvalue weighted by Gasteiger charge is -2.26. The van der Waals surface area contributed by atoms with Gasteiger partial charge in [-0.15, -0.1) is 0 Å². The molecule has 1 saturated heterocycles. The predicted octanol–water partition coefficient (Wildman–Crippen LogP) is 3.74. The molecule has 3 heterocycles. The van der Waals surface area contributed by atoms with E-state index in [0.717, 1.165) is 31.1 Å². The lowest BCUT2D eigenvalue weighted by atomic mass is 9.98. The van der Waals surface area contributed by atoms with Gasteiger partial charge >= 0.3 is 14.1 Å². The number of nitrogens with two attached hydrogens (primary N) is 1. The van der Waals surface area contributed by atoms with E-state index in [0.29, 0.717) is 5.39 Å². The molecule has 2 fully saturated rings. The Balaban J connectivity index is 1.22. The van der Waals surface area contributed by atoms with Crippen LogP contribution in [0.3, 0.4) is 0 Å². The maximum Gasteiger partial charge on any atom is 0.395 e. The van der Waals surface area contributed by atoms with E-state index in [9.17, 15) is 14.8 Å². The highest BCUT2D eigenvalue weighted by molar-refractivity contribution is 7.34. The molecule has 2 aromatic heterocycles. The third kappa shape index (κ3) is 6.15. The number of aliphatic hydroxyl groups is 1. The van der Waals surface area contributed by atoms with Gasteiger partial charge in [0.25, 0.3) is 0 Å². The van der Waals surface area contributed by atoms with Crippen LogP contribution in [0, 0.1) is 0 Å². The number of benzene rings is 2. The van der Waals surface area contributed by atoms with Crippen LogP contribution >= 0.6 is 8.17 Å². The van der Waals surface area contributed by atoms with Gasteiger partial charge in [0.15, 0.2) is 35.4 Å². The van der Waals surface area contributed by atoms with E-state index in [4.69, 9.17) is 29.2 Å². The Morgan fingerprint density at radius 3 is 2.80 bits per heavy atom. The smallest absolute Gasteiger partial charge is 0.395 e. The fourth-order valence-corrected chi connectivity index (χ4v) is 6.51. The van der Waals surface area contributed by atoms with Gasteiger partial charge in [0.2, 0.25) is 17.6 Å². The summed E-state index contributed by atoms with van der Waals surface area (Å²) in [5, 5.41) is 12.5. The Bertz CT molecular complexity index is 1780. The Hall–Kier alpha value is -4.17. The maximum absolute atomic E-state index is 15.8. The van der Waals surface area contributed by atoms with Crippen molar-refractivity contribution < 1.29 is 42.7 Å². The van der Waals surface area contributed by atoms with E-state index in [1.807, 2.05) is 12.1 Å². The van der Waals surface area contributed by atoms with Crippen LogP contribution in [0.2, 0.25) is 0 Å². The summed E-state index contributed by atoms with van der Waals surface area (Å²) in [6.07, 6.45) is 0.365. The topological polar surface area (TPSA) is 188 Å². The third-order valence-corrected chi connectivity index (χ3v) is 9.02. The van der Waals surface area contributed by atoms with Gasteiger partial charge in [-0.1, -0.05) is 35.1 Å². The largest absolute Gasteiger partial charge is 0.575 e. The van der Waals surface area contributed by atoms with E-state index in [-0.39, 0.29) is 47.2 Å². The van der Waals surface area contributed by atoms with Crippen LogP contribution in [0.4, 0.5) is 10.3 Å². The van der Waals surface area contributed by atoms with Crippen molar-refractivity contribution in [2.24, 2.45) is 4.74 Å². The highest BCUT2D eigenvalue weighted by Gasteiger charge is 2.55. The molecule has 0 bridgehead atoms. The Morgan fingerprint density at radius 2 is 2.04 bits per heavy atom. The summed E-state index contributed by atoms with van der Waals surface area (Å²) in [5.74, 6) is -0.328. The van der Waals surface area contributed by atoms with Crippen LogP contribution in [0.25, 0.3) is 21.9 Å². The number of anilines is 1. The minimum atomic E-state index is -2.73. The van der Waals surface area contributed by atoms with Gasteiger partial charge in [0.1, 0.15) is 24.4 Å². The first kappa shape index (κ1) is 31.8.